The van der Waals surface area contributed by atoms with Gasteiger partial charge in [0.05, 0.1) is 0 Å². The van der Waals surface area contributed by atoms with Gasteiger partial charge in [0.25, 0.3) is 5.91 Å². The van der Waals surface area contributed by atoms with E-state index in [1.807, 2.05) is 6.07 Å². The van der Waals surface area contributed by atoms with E-state index in [0.717, 1.165) is 50.3 Å². The zero-order valence-corrected chi connectivity index (χ0v) is 12.5. The molecule has 0 aliphatic carbocycles. The van der Waals surface area contributed by atoms with Crippen LogP contribution in [0, 0.1) is 5.92 Å². The number of likely N-dealkylation sites (tertiary alicyclic amines) is 1. The van der Waals surface area contributed by atoms with Crippen molar-refractivity contribution in [2.45, 2.75) is 45.6 Å². The van der Waals surface area contributed by atoms with Crippen molar-refractivity contribution in [3.8, 4) is 0 Å². The maximum absolute atomic E-state index is 12.7. The molecule has 1 saturated heterocycles. The van der Waals surface area contributed by atoms with E-state index in [-0.39, 0.29) is 5.91 Å². The molecule has 0 spiro atoms. The number of hydrogen-bond acceptors (Lipinski definition) is 2. The standard InChI is InChI=1S/C17H24N2O/c1-12-7-9-19(13(2)10-12)17(20)15-5-6-16-14(11-15)4-3-8-18-16/h5-6,11-13,18H,3-4,7-10H2,1-2H3. The Kier molecular flexibility index (Phi) is 3.68. The molecule has 2 heterocycles. The number of nitrogens with zero attached hydrogens (tertiary/aromatic N) is 1. The number of rotatable bonds is 1. The summed E-state index contributed by atoms with van der Waals surface area (Å²) < 4.78 is 0. The van der Waals surface area contributed by atoms with Crippen LogP contribution >= 0.6 is 0 Å². The Morgan fingerprint density at radius 1 is 1.35 bits per heavy atom. The minimum absolute atomic E-state index is 0.206. The minimum atomic E-state index is 0.206. The Hall–Kier alpha value is -1.51. The summed E-state index contributed by atoms with van der Waals surface area (Å²) in [6, 6.07) is 6.50. The summed E-state index contributed by atoms with van der Waals surface area (Å²) >= 11 is 0. The first-order chi connectivity index (χ1) is 9.65. The summed E-state index contributed by atoms with van der Waals surface area (Å²) in [5.41, 5.74) is 3.35. The van der Waals surface area contributed by atoms with Crippen molar-refractivity contribution >= 4 is 11.6 Å². The van der Waals surface area contributed by atoms with E-state index in [1.54, 1.807) is 0 Å². The van der Waals surface area contributed by atoms with Gasteiger partial charge < -0.3 is 10.2 Å². The van der Waals surface area contributed by atoms with Gasteiger partial charge in [0.1, 0.15) is 0 Å². The summed E-state index contributed by atoms with van der Waals surface area (Å²) in [7, 11) is 0. The Morgan fingerprint density at radius 2 is 2.20 bits per heavy atom. The van der Waals surface area contributed by atoms with Crippen molar-refractivity contribution in [2.24, 2.45) is 5.92 Å². The summed E-state index contributed by atoms with van der Waals surface area (Å²) in [5.74, 6) is 0.944. The normalized spacial score (nSPS) is 25.8. The summed E-state index contributed by atoms with van der Waals surface area (Å²) in [6.07, 6.45) is 4.49. The molecule has 0 bridgehead atoms. The Morgan fingerprint density at radius 3 is 3.00 bits per heavy atom. The van der Waals surface area contributed by atoms with Gasteiger partial charge in [-0.1, -0.05) is 6.92 Å². The van der Waals surface area contributed by atoms with Gasteiger partial charge in [0, 0.05) is 30.4 Å². The summed E-state index contributed by atoms with van der Waals surface area (Å²) in [5, 5.41) is 3.40. The van der Waals surface area contributed by atoms with Crippen molar-refractivity contribution in [1.29, 1.82) is 0 Å². The third kappa shape index (κ3) is 2.54. The van der Waals surface area contributed by atoms with Gasteiger partial charge in [0.15, 0.2) is 0 Å². The lowest BCUT2D eigenvalue weighted by Gasteiger charge is -2.36. The van der Waals surface area contributed by atoms with E-state index >= 15 is 0 Å². The molecule has 1 amide bonds. The molecule has 3 heteroatoms. The summed E-state index contributed by atoms with van der Waals surface area (Å²) in [4.78, 5) is 14.8. The van der Waals surface area contributed by atoms with E-state index < -0.39 is 0 Å². The zero-order chi connectivity index (χ0) is 14.1. The second-order valence-electron chi connectivity index (χ2n) is 6.38. The first-order valence-corrected chi connectivity index (χ1v) is 7.83. The molecule has 2 aliphatic rings. The lowest BCUT2D eigenvalue weighted by Crippen LogP contribution is -2.44. The Bertz CT molecular complexity index is 512. The van der Waals surface area contributed by atoms with Crippen LogP contribution in [0.3, 0.4) is 0 Å². The molecule has 2 unspecified atom stereocenters. The van der Waals surface area contributed by atoms with Gasteiger partial charge in [-0.3, -0.25) is 4.79 Å². The largest absolute Gasteiger partial charge is 0.385 e. The minimum Gasteiger partial charge on any atom is -0.385 e. The molecule has 108 valence electrons. The second-order valence-corrected chi connectivity index (χ2v) is 6.38. The van der Waals surface area contributed by atoms with Gasteiger partial charge in [-0.05, 0) is 62.3 Å². The van der Waals surface area contributed by atoms with E-state index in [9.17, 15) is 4.79 Å². The average molecular weight is 272 g/mol. The highest BCUT2D eigenvalue weighted by atomic mass is 16.2. The molecule has 3 nitrogen and oxygen atoms in total. The van der Waals surface area contributed by atoms with Crippen LogP contribution in [0.2, 0.25) is 0 Å². The van der Waals surface area contributed by atoms with Gasteiger partial charge in [-0.2, -0.15) is 0 Å². The van der Waals surface area contributed by atoms with Crippen LogP contribution in [0.25, 0.3) is 0 Å². The molecule has 3 rings (SSSR count). The smallest absolute Gasteiger partial charge is 0.254 e. The first-order valence-electron chi connectivity index (χ1n) is 7.83. The molecule has 1 N–H and O–H groups in total. The third-order valence-electron chi connectivity index (χ3n) is 4.69. The molecule has 0 aromatic heterocycles. The fourth-order valence-electron chi connectivity index (χ4n) is 3.48. The van der Waals surface area contributed by atoms with Crippen LogP contribution in [-0.4, -0.2) is 29.9 Å². The van der Waals surface area contributed by atoms with Gasteiger partial charge in [-0.25, -0.2) is 0 Å². The van der Waals surface area contributed by atoms with Crippen molar-refractivity contribution in [2.75, 3.05) is 18.4 Å². The van der Waals surface area contributed by atoms with Crippen LogP contribution in [0.15, 0.2) is 18.2 Å². The van der Waals surface area contributed by atoms with Crippen LogP contribution < -0.4 is 5.32 Å². The zero-order valence-electron chi connectivity index (χ0n) is 12.5. The number of aryl methyl sites for hydroxylation is 1. The number of piperidine rings is 1. The average Bonchev–Trinajstić information content (AvgIpc) is 2.46. The van der Waals surface area contributed by atoms with Crippen LogP contribution in [0.4, 0.5) is 5.69 Å². The Balaban J connectivity index is 1.80. The van der Waals surface area contributed by atoms with Crippen LogP contribution in [-0.2, 0) is 6.42 Å². The van der Waals surface area contributed by atoms with Crippen molar-refractivity contribution < 1.29 is 4.79 Å². The molecule has 2 aliphatic heterocycles. The van der Waals surface area contributed by atoms with Crippen molar-refractivity contribution in [3.05, 3.63) is 29.3 Å². The van der Waals surface area contributed by atoms with E-state index in [1.165, 1.54) is 11.3 Å². The van der Waals surface area contributed by atoms with Crippen LogP contribution in [0.1, 0.15) is 49.0 Å². The molecule has 1 aromatic carbocycles. The molecular formula is C17H24N2O. The number of benzene rings is 1. The quantitative estimate of drug-likeness (QED) is 0.850. The van der Waals surface area contributed by atoms with Gasteiger partial charge in [0.2, 0.25) is 0 Å². The highest BCUT2D eigenvalue weighted by Gasteiger charge is 2.27. The fourth-order valence-corrected chi connectivity index (χ4v) is 3.48. The summed E-state index contributed by atoms with van der Waals surface area (Å²) in [6.45, 7) is 6.40. The number of fused-ring (bicyclic) bond motifs is 1. The Labute approximate surface area is 121 Å². The lowest BCUT2D eigenvalue weighted by molar-refractivity contribution is 0.0588. The van der Waals surface area contributed by atoms with Gasteiger partial charge >= 0.3 is 0 Å². The van der Waals surface area contributed by atoms with E-state index in [0.29, 0.717) is 6.04 Å². The highest BCUT2D eigenvalue weighted by molar-refractivity contribution is 5.95. The van der Waals surface area contributed by atoms with Crippen molar-refractivity contribution in [3.63, 3.8) is 0 Å². The van der Waals surface area contributed by atoms with Crippen LogP contribution in [0.5, 0.6) is 0 Å². The molecule has 20 heavy (non-hydrogen) atoms. The third-order valence-corrected chi connectivity index (χ3v) is 4.69. The number of carbonyl (C=O) groups excluding carboxylic acids is 1. The van der Waals surface area contributed by atoms with E-state index in [2.05, 4.69) is 36.2 Å². The van der Waals surface area contributed by atoms with E-state index in [4.69, 9.17) is 0 Å². The molecule has 0 radical (unpaired) electrons. The molecule has 1 aromatic rings. The number of carbonyl (C=O) groups is 1. The monoisotopic (exact) mass is 272 g/mol. The lowest BCUT2D eigenvalue weighted by atomic mass is 9.92. The molecule has 2 atom stereocenters. The predicted octanol–water partition coefficient (Wildman–Crippen LogP) is 3.31. The molecular weight excluding hydrogens is 248 g/mol. The van der Waals surface area contributed by atoms with Crippen molar-refractivity contribution in [1.82, 2.24) is 4.90 Å². The molecule has 0 saturated carbocycles. The highest BCUT2D eigenvalue weighted by Crippen LogP contribution is 2.27. The fraction of sp³-hybridized carbons (Fsp3) is 0.588. The number of nitrogens with one attached hydrogen (secondary N) is 1. The maximum atomic E-state index is 12.7. The number of hydrogen-bond donors (Lipinski definition) is 1. The molecule has 1 fully saturated rings. The maximum Gasteiger partial charge on any atom is 0.254 e. The number of amides is 1. The number of anilines is 1. The topological polar surface area (TPSA) is 32.3 Å². The predicted molar refractivity (Wildman–Crippen MR) is 82.1 cm³/mol. The SMILES string of the molecule is CC1CCN(C(=O)c2ccc3c(c2)CCCN3)C(C)C1. The first kappa shape index (κ1) is 13.5. The van der Waals surface area contributed by atoms with Gasteiger partial charge in [-0.15, -0.1) is 0 Å². The second kappa shape index (κ2) is 5.47.